The molecule has 17 heavy (non-hydrogen) atoms. The molecule has 0 aliphatic carbocycles. The number of fused-ring (bicyclic) bond motifs is 1. The molecule has 1 saturated heterocycles. The van der Waals surface area contributed by atoms with Crippen LogP contribution in [0.4, 0.5) is 5.13 Å². The first-order valence-electron chi connectivity index (χ1n) is 6.06. The van der Waals surface area contributed by atoms with Gasteiger partial charge in [-0.3, -0.25) is 0 Å². The van der Waals surface area contributed by atoms with Crippen LogP contribution in [0, 0.1) is 0 Å². The molecule has 4 heteroatoms. The van der Waals surface area contributed by atoms with Crippen molar-refractivity contribution >= 4 is 26.7 Å². The number of anilines is 1. The number of nitrogens with zero attached hydrogens (tertiary/aromatic N) is 2. The number of hydrogen-bond donors (Lipinski definition) is 0. The van der Waals surface area contributed by atoms with E-state index in [1.165, 1.54) is 24.0 Å². The van der Waals surface area contributed by atoms with Crippen LogP contribution in [0.5, 0.6) is 5.75 Å². The van der Waals surface area contributed by atoms with Gasteiger partial charge in [0.2, 0.25) is 0 Å². The molecule has 3 nitrogen and oxygen atoms in total. The lowest BCUT2D eigenvalue weighted by molar-refractivity contribution is 0.415. The van der Waals surface area contributed by atoms with Crippen LogP contribution in [0.15, 0.2) is 18.2 Å². The van der Waals surface area contributed by atoms with Gasteiger partial charge >= 0.3 is 0 Å². The van der Waals surface area contributed by atoms with Gasteiger partial charge in [0.25, 0.3) is 0 Å². The second kappa shape index (κ2) is 4.53. The zero-order valence-electron chi connectivity index (χ0n) is 9.98. The van der Waals surface area contributed by atoms with Crippen molar-refractivity contribution in [2.75, 3.05) is 25.1 Å². The zero-order chi connectivity index (χ0) is 11.7. The SMILES string of the molecule is COc1ccc2sc(N3CCCCC3)nc2c1. The molecule has 90 valence electrons. The fourth-order valence-electron chi connectivity index (χ4n) is 2.24. The number of piperidine rings is 1. The molecule has 1 aliphatic heterocycles. The van der Waals surface area contributed by atoms with Gasteiger partial charge in [-0.05, 0) is 31.4 Å². The molecule has 0 atom stereocenters. The van der Waals surface area contributed by atoms with E-state index in [2.05, 4.69) is 11.0 Å². The van der Waals surface area contributed by atoms with Crippen LogP contribution in [-0.2, 0) is 0 Å². The number of methoxy groups -OCH3 is 1. The Hall–Kier alpha value is -1.29. The minimum Gasteiger partial charge on any atom is -0.497 e. The highest BCUT2D eigenvalue weighted by molar-refractivity contribution is 7.22. The standard InChI is InChI=1S/C13H16N2OS/c1-16-10-5-6-12-11(9-10)14-13(17-12)15-7-3-2-4-8-15/h5-6,9H,2-4,7-8H2,1H3. The first-order valence-corrected chi connectivity index (χ1v) is 6.88. The molecule has 1 aromatic heterocycles. The van der Waals surface area contributed by atoms with E-state index < -0.39 is 0 Å². The number of hydrogen-bond acceptors (Lipinski definition) is 4. The van der Waals surface area contributed by atoms with E-state index in [1.54, 1.807) is 18.4 Å². The Labute approximate surface area is 105 Å². The van der Waals surface area contributed by atoms with Gasteiger partial charge in [-0.15, -0.1) is 0 Å². The Balaban J connectivity index is 1.95. The van der Waals surface area contributed by atoms with E-state index in [9.17, 15) is 0 Å². The number of aromatic nitrogens is 1. The van der Waals surface area contributed by atoms with Crippen molar-refractivity contribution in [1.82, 2.24) is 4.98 Å². The maximum absolute atomic E-state index is 5.23. The van der Waals surface area contributed by atoms with Crippen LogP contribution in [-0.4, -0.2) is 25.2 Å². The highest BCUT2D eigenvalue weighted by Crippen LogP contribution is 2.32. The first-order chi connectivity index (χ1) is 8.36. The molecule has 2 heterocycles. The molecule has 3 rings (SSSR count). The van der Waals surface area contributed by atoms with Crippen molar-refractivity contribution in [3.8, 4) is 5.75 Å². The predicted molar refractivity (Wildman–Crippen MR) is 72.2 cm³/mol. The average Bonchev–Trinajstić information content (AvgIpc) is 2.82. The van der Waals surface area contributed by atoms with Crippen LogP contribution < -0.4 is 9.64 Å². The minimum atomic E-state index is 0.882. The fraction of sp³-hybridized carbons (Fsp3) is 0.462. The second-order valence-electron chi connectivity index (χ2n) is 4.38. The van der Waals surface area contributed by atoms with Crippen LogP contribution in [0.2, 0.25) is 0 Å². The summed E-state index contributed by atoms with van der Waals surface area (Å²) in [5, 5.41) is 1.16. The van der Waals surface area contributed by atoms with Crippen LogP contribution in [0.25, 0.3) is 10.2 Å². The number of thiazole rings is 1. The maximum Gasteiger partial charge on any atom is 0.186 e. The van der Waals surface area contributed by atoms with E-state index in [0.717, 1.165) is 29.5 Å². The van der Waals surface area contributed by atoms with E-state index in [0.29, 0.717) is 0 Å². The largest absolute Gasteiger partial charge is 0.497 e. The Morgan fingerprint density at radius 1 is 1.24 bits per heavy atom. The molecular weight excluding hydrogens is 232 g/mol. The summed E-state index contributed by atoms with van der Waals surface area (Å²) in [6, 6.07) is 6.11. The molecule has 2 aromatic rings. The molecule has 1 fully saturated rings. The fourth-order valence-corrected chi connectivity index (χ4v) is 3.24. The van der Waals surface area contributed by atoms with Gasteiger partial charge in [-0.1, -0.05) is 11.3 Å². The van der Waals surface area contributed by atoms with Crippen molar-refractivity contribution in [1.29, 1.82) is 0 Å². The lowest BCUT2D eigenvalue weighted by atomic mass is 10.1. The van der Waals surface area contributed by atoms with Crippen molar-refractivity contribution in [2.24, 2.45) is 0 Å². The zero-order valence-corrected chi connectivity index (χ0v) is 10.8. The van der Waals surface area contributed by atoms with Crippen LogP contribution >= 0.6 is 11.3 Å². The Morgan fingerprint density at radius 3 is 2.82 bits per heavy atom. The molecule has 0 saturated carbocycles. The minimum absolute atomic E-state index is 0.882. The lowest BCUT2D eigenvalue weighted by Gasteiger charge is -2.25. The summed E-state index contributed by atoms with van der Waals surface area (Å²) in [5.74, 6) is 0.882. The van der Waals surface area contributed by atoms with Gasteiger partial charge in [0.1, 0.15) is 5.75 Å². The van der Waals surface area contributed by atoms with Gasteiger partial charge in [0.05, 0.1) is 17.3 Å². The summed E-state index contributed by atoms with van der Waals surface area (Å²) in [5.41, 5.74) is 1.05. The molecule has 0 bridgehead atoms. The van der Waals surface area contributed by atoms with E-state index in [-0.39, 0.29) is 0 Å². The lowest BCUT2D eigenvalue weighted by Crippen LogP contribution is -2.29. The summed E-state index contributed by atoms with van der Waals surface area (Å²) in [4.78, 5) is 7.11. The van der Waals surface area contributed by atoms with Crippen molar-refractivity contribution in [3.63, 3.8) is 0 Å². The predicted octanol–water partition coefficient (Wildman–Crippen LogP) is 3.30. The monoisotopic (exact) mass is 248 g/mol. The highest BCUT2D eigenvalue weighted by Gasteiger charge is 2.15. The Morgan fingerprint density at radius 2 is 2.06 bits per heavy atom. The van der Waals surface area contributed by atoms with Gasteiger partial charge < -0.3 is 9.64 Å². The summed E-state index contributed by atoms with van der Waals surface area (Å²) < 4.78 is 6.47. The molecule has 0 radical (unpaired) electrons. The Bertz CT molecular complexity index is 517. The first kappa shape index (κ1) is 10.8. The van der Waals surface area contributed by atoms with Gasteiger partial charge in [-0.25, -0.2) is 4.98 Å². The molecule has 1 aromatic carbocycles. The molecule has 0 N–H and O–H groups in total. The number of ether oxygens (including phenoxy) is 1. The van der Waals surface area contributed by atoms with Crippen molar-refractivity contribution in [3.05, 3.63) is 18.2 Å². The quantitative estimate of drug-likeness (QED) is 0.815. The average molecular weight is 248 g/mol. The number of benzene rings is 1. The maximum atomic E-state index is 5.23. The summed E-state index contributed by atoms with van der Waals surface area (Å²) in [7, 11) is 1.69. The van der Waals surface area contributed by atoms with E-state index in [1.807, 2.05) is 12.1 Å². The van der Waals surface area contributed by atoms with Gasteiger partial charge in [0.15, 0.2) is 5.13 Å². The van der Waals surface area contributed by atoms with Crippen LogP contribution in [0.1, 0.15) is 19.3 Å². The molecular formula is C13H16N2OS. The van der Waals surface area contributed by atoms with Crippen LogP contribution in [0.3, 0.4) is 0 Å². The number of rotatable bonds is 2. The highest BCUT2D eigenvalue weighted by atomic mass is 32.1. The summed E-state index contributed by atoms with van der Waals surface area (Å²) in [6.07, 6.45) is 3.94. The van der Waals surface area contributed by atoms with Crippen molar-refractivity contribution in [2.45, 2.75) is 19.3 Å². The molecule has 1 aliphatic rings. The third kappa shape index (κ3) is 2.09. The smallest absolute Gasteiger partial charge is 0.186 e. The molecule has 0 spiro atoms. The summed E-state index contributed by atoms with van der Waals surface area (Å²) in [6.45, 7) is 2.30. The third-order valence-corrected chi connectivity index (χ3v) is 4.31. The second-order valence-corrected chi connectivity index (χ2v) is 5.39. The normalized spacial score (nSPS) is 16.4. The molecule has 0 unspecified atom stereocenters. The summed E-state index contributed by atoms with van der Waals surface area (Å²) >= 11 is 1.78. The van der Waals surface area contributed by atoms with Gasteiger partial charge in [0, 0.05) is 19.2 Å². The topological polar surface area (TPSA) is 25.4 Å². The van der Waals surface area contributed by atoms with Crippen molar-refractivity contribution < 1.29 is 4.74 Å². The van der Waals surface area contributed by atoms with E-state index >= 15 is 0 Å². The molecule has 0 amide bonds. The van der Waals surface area contributed by atoms with E-state index in [4.69, 9.17) is 9.72 Å². The van der Waals surface area contributed by atoms with Gasteiger partial charge in [-0.2, -0.15) is 0 Å². The third-order valence-electron chi connectivity index (χ3n) is 3.21. The Kier molecular flexibility index (Phi) is 2.89.